The quantitative estimate of drug-likeness (QED) is 0.756. The first kappa shape index (κ1) is 15.8. The lowest BCUT2D eigenvalue weighted by molar-refractivity contribution is -0.116. The number of amides is 1. The fourth-order valence-corrected chi connectivity index (χ4v) is 2.62. The molecule has 1 unspecified atom stereocenters. The summed E-state index contributed by atoms with van der Waals surface area (Å²) in [5, 5.41) is 2.89. The highest BCUT2D eigenvalue weighted by atomic mass is 16.5. The van der Waals surface area contributed by atoms with Crippen molar-refractivity contribution in [2.75, 3.05) is 12.4 Å². The van der Waals surface area contributed by atoms with Crippen molar-refractivity contribution >= 4 is 11.6 Å². The first-order valence-electron chi connectivity index (χ1n) is 7.72. The predicted octanol–water partition coefficient (Wildman–Crippen LogP) is 3.51. The summed E-state index contributed by atoms with van der Waals surface area (Å²) >= 11 is 0. The molecule has 1 amide bonds. The fourth-order valence-electron chi connectivity index (χ4n) is 2.62. The Bertz CT molecular complexity index is 785. The van der Waals surface area contributed by atoms with Crippen LogP contribution in [0.25, 0.3) is 0 Å². The number of anilines is 1. The largest absolute Gasteiger partial charge is 0.497 e. The van der Waals surface area contributed by atoms with Gasteiger partial charge >= 0.3 is 0 Å². The zero-order valence-electron chi connectivity index (χ0n) is 13.4. The van der Waals surface area contributed by atoms with Gasteiger partial charge in [0.25, 0.3) is 0 Å². The Balaban J connectivity index is 1.82. The molecule has 0 saturated heterocycles. The number of methoxy groups -OCH3 is 1. The molecule has 5 heteroatoms. The summed E-state index contributed by atoms with van der Waals surface area (Å²) in [6.07, 6.45) is 7.54. The zero-order chi connectivity index (χ0) is 16.8. The maximum absolute atomic E-state index is 12.5. The van der Waals surface area contributed by atoms with Gasteiger partial charge in [0, 0.05) is 18.6 Å². The summed E-state index contributed by atoms with van der Waals surface area (Å²) in [4.78, 5) is 16.5. The number of hydrogen-bond donors (Lipinski definition) is 1. The Morgan fingerprint density at radius 1 is 1.21 bits per heavy atom. The number of hydrogen-bond acceptors (Lipinski definition) is 3. The van der Waals surface area contributed by atoms with Crippen LogP contribution < -0.4 is 10.1 Å². The number of carbonyl (C=O) groups excluding carboxylic acids is 1. The van der Waals surface area contributed by atoms with Crippen LogP contribution in [0, 0.1) is 0 Å². The van der Waals surface area contributed by atoms with Crippen LogP contribution in [-0.4, -0.2) is 22.6 Å². The number of carbonyl (C=O) groups is 1. The van der Waals surface area contributed by atoms with E-state index in [-0.39, 0.29) is 11.9 Å². The van der Waals surface area contributed by atoms with Crippen molar-refractivity contribution in [2.24, 2.45) is 0 Å². The van der Waals surface area contributed by atoms with E-state index in [0.29, 0.717) is 12.1 Å². The van der Waals surface area contributed by atoms with E-state index in [1.165, 1.54) is 0 Å². The highest BCUT2D eigenvalue weighted by Crippen LogP contribution is 2.26. The molecular formula is C19H19N3O2. The van der Waals surface area contributed by atoms with Crippen LogP contribution >= 0.6 is 0 Å². The third-order valence-corrected chi connectivity index (χ3v) is 3.79. The summed E-state index contributed by atoms with van der Waals surface area (Å²) in [5.41, 5.74) is 1.71. The second-order valence-electron chi connectivity index (χ2n) is 5.42. The molecule has 0 fully saturated rings. The molecule has 0 aliphatic carbocycles. The molecule has 0 aliphatic rings. The standard InChI is InChI=1S/C19H19N3O2/c1-24-17-8-4-6-15(12-17)18(22-10-2-3-11-22)13-19(23)21-16-7-5-9-20-14-16/h2-12,14,18H,13H2,1H3,(H,21,23). The molecular weight excluding hydrogens is 302 g/mol. The molecule has 5 nitrogen and oxygen atoms in total. The number of benzene rings is 1. The van der Waals surface area contributed by atoms with E-state index >= 15 is 0 Å². The normalized spacial score (nSPS) is 11.7. The molecule has 24 heavy (non-hydrogen) atoms. The summed E-state index contributed by atoms with van der Waals surface area (Å²) in [6, 6.07) is 15.2. The molecule has 0 radical (unpaired) electrons. The monoisotopic (exact) mass is 321 g/mol. The third-order valence-electron chi connectivity index (χ3n) is 3.79. The van der Waals surface area contributed by atoms with Crippen molar-refractivity contribution in [2.45, 2.75) is 12.5 Å². The summed E-state index contributed by atoms with van der Waals surface area (Å²) < 4.78 is 7.33. The molecule has 1 atom stereocenters. The number of nitrogens with one attached hydrogen (secondary N) is 1. The maximum atomic E-state index is 12.5. The van der Waals surface area contributed by atoms with E-state index in [1.54, 1.807) is 25.6 Å². The Morgan fingerprint density at radius 3 is 2.75 bits per heavy atom. The van der Waals surface area contributed by atoms with Crippen molar-refractivity contribution in [1.29, 1.82) is 0 Å². The lowest BCUT2D eigenvalue weighted by Gasteiger charge is -2.20. The van der Waals surface area contributed by atoms with Gasteiger partial charge in [-0.1, -0.05) is 12.1 Å². The minimum Gasteiger partial charge on any atom is -0.497 e. The molecule has 2 aromatic heterocycles. The van der Waals surface area contributed by atoms with Crippen molar-refractivity contribution in [3.63, 3.8) is 0 Å². The van der Waals surface area contributed by atoms with Crippen molar-refractivity contribution in [1.82, 2.24) is 9.55 Å². The van der Waals surface area contributed by atoms with Gasteiger partial charge in [0.05, 0.1) is 31.5 Å². The van der Waals surface area contributed by atoms with Crippen LogP contribution in [0.2, 0.25) is 0 Å². The molecule has 1 N–H and O–H groups in total. The highest BCUT2D eigenvalue weighted by molar-refractivity contribution is 5.91. The minimum atomic E-state index is -0.105. The molecule has 0 aliphatic heterocycles. The summed E-state index contributed by atoms with van der Waals surface area (Å²) in [5.74, 6) is 0.710. The molecule has 3 aromatic rings. The number of aromatic nitrogens is 2. The van der Waals surface area contributed by atoms with Crippen LogP contribution in [-0.2, 0) is 4.79 Å². The Morgan fingerprint density at radius 2 is 2.04 bits per heavy atom. The highest BCUT2D eigenvalue weighted by Gasteiger charge is 2.18. The van der Waals surface area contributed by atoms with Crippen LogP contribution in [0.1, 0.15) is 18.0 Å². The van der Waals surface area contributed by atoms with Gasteiger partial charge in [-0.25, -0.2) is 0 Å². The second kappa shape index (κ2) is 7.46. The molecule has 1 aromatic carbocycles. The lowest BCUT2D eigenvalue weighted by Crippen LogP contribution is -2.19. The van der Waals surface area contributed by atoms with Crippen molar-refractivity contribution in [3.8, 4) is 5.75 Å². The van der Waals surface area contributed by atoms with Crippen molar-refractivity contribution < 1.29 is 9.53 Å². The SMILES string of the molecule is COc1cccc(C(CC(=O)Nc2cccnc2)n2cccc2)c1. The Kier molecular flexibility index (Phi) is 4.91. The third kappa shape index (κ3) is 3.81. The van der Waals surface area contributed by atoms with Gasteiger partial charge in [0.15, 0.2) is 0 Å². The molecule has 122 valence electrons. The van der Waals surface area contributed by atoms with E-state index in [1.807, 2.05) is 59.4 Å². The first-order valence-corrected chi connectivity index (χ1v) is 7.72. The average Bonchev–Trinajstić information content (AvgIpc) is 3.15. The van der Waals surface area contributed by atoms with E-state index in [2.05, 4.69) is 10.3 Å². The fraction of sp³-hybridized carbons (Fsp3) is 0.158. The van der Waals surface area contributed by atoms with E-state index < -0.39 is 0 Å². The molecule has 2 heterocycles. The Hall–Kier alpha value is -3.08. The number of pyridine rings is 1. The average molecular weight is 321 g/mol. The van der Waals surface area contributed by atoms with Gasteiger partial charge in [-0.2, -0.15) is 0 Å². The Labute approximate surface area is 140 Å². The van der Waals surface area contributed by atoms with Crippen LogP contribution in [0.5, 0.6) is 5.75 Å². The van der Waals surface area contributed by atoms with Gasteiger partial charge in [-0.3, -0.25) is 9.78 Å². The molecule has 0 bridgehead atoms. The van der Waals surface area contributed by atoms with Crippen LogP contribution in [0.4, 0.5) is 5.69 Å². The van der Waals surface area contributed by atoms with Gasteiger partial charge in [0.1, 0.15) is 5.75 Å². The summed E-state index contributed by atoms with van der Waals surface area (Å²) in [7, 11) is 1.64. The maximum Gasteiger partial charge on any atom is 0.226 e. The van der Waals surface area contributed by atoms with Gasteiger partial charge < -0.3 is 14.6 Å². The minimum absolute atomic E-state index is 0.0653. The van der Waals surface area contributed by atoms with Gasteiger partial charge in [-0.05, 0) is 42.0 Å². The van der Waals surface area contributed by atoms with E-state index in [9.17, 15) is 4.79 Å². The number of ether oxygens (including phenoxy) is 1. The first-order chi connectivity index (χ1) is 11.8. The van der Waals surface area contributed by atoms with Crippen molar-refractivity contribution in [3.05, 3.63) is 78.9 Å². The smallest absolute Gasteiger partial charge is 0.226 e. The predicted molar refractivity (Wildman–Crippen MR) is 93.0 cm³/mol. The number of nitrogens with zero attached hydrogens (tertiary/aromatic N) is 2. The molecule has 0 spiro atoms. The van der Waals surface area contributed by atoms with E-state index in [0.717, 1.165) is 11.3 Å². The number of rotatable bonds is 6. The van der Waals surface area contributed by atoms with E-state index in [4.69, 9.17) is 4.74 Å². The lowest BCUT2D eigenvalue weighted by atomic mass is 10.0. The summed E-state index contributed by atoms with van der Waals surface area (Å²) in [6.45, 7) is 0. The molecule has 3 rings (SSSR count). The zero-order valence-corrected chi connectivity index (χ0v) is 13.4. The second-order valence-corrected chi connectivity index (χ2v) is 5.42. The topological polar surface area (TPSA) is 56.1 Å². The van der Waals surface area contributed by atoms with Crippen LogP contribution in [0.15, 0.2) is 73.3 Å². The van der Waals surface area contributed by atoms with Gasteiger partial charge in [0.2, 0.25) is 5.91 Å². The van der Waals surface area contributed by atoms with Crippen LogP contribution in [0.3, 0.4) is 0 Å². The van der Waals surface area contributed by atoms with Gasteiger partial charge in [-0.15, -0.1) is 0 Å². The molecule has 0 saturated carbocycles.